The summed E-state index contributed by atoms with van der Waals surface area (Å²) in [7, 11) is 0. The first-order chi connectivity index (χ1) is 12.7. The summed E-state index contributed by atoms with van der Waals surface area (Å²) in [5.41, 5.74) is 3.26. The van der Waals surface area contributed by atoms with E-state index in [0.717, 1.165) is 22.7 Å². The lowest BCUT2D eigenvalue weighted by atomic mass is 10.1. The van der Waals surface area contributed by atoms with E-state index in [1.165, 1.54) is 15.4 Å². The van der Waals surface area contributed by atoms with Crippen LogP contribution in [-0.4, -0.2) is 15.0 Å². The Labute approximate surface area is 162 Å². The van der Waals surface area contributed by atoms with Crippen molar-refractivity contribution in [3.05, 3.63) is 88.4 Å². The molecule has 0 amide bonds. The molecule has 5 heteroatoms. The Hall–Kier alpha value is -2.30. The molecule has 0 spiro atoms. The van der Waals surface area contributed by atoms with E-state index >= 15 is 0 Å². The number of allylic oxidation sites excluding steroid dienone is 4. The van der Waals surface area contributed by atoms with Crippen molar-refractivity contribution in [3.63, 3.8) is 0 Å². The molecule has 1 aliphatic carbocycles. The third kappa shape index (κ3) is 3.62. The number of thioether (sulfide) groups is 1. The molecule has 0 fully saturated rings. The van der Waals surface area contributed by atoms with E-state index in [4.69, 9.17) is 11.6 Å². The zero-order chi connectivity index (χ0) is 17.9. The highest BCUT2D eigenvalue weighted by Crippen LogP contribution is 2.39. The lowest BCUT2D eigenvalue weighted by molar-refractivity contribution is 0.542. The Morgan fingerprint density at radius 3 is 2.62 bits per heavy atom. The van der Waals surface area contributed by atoms with E-state index in [9.17, 15) is 0 Å². The topological polar surface area (TPSA) is 30.7 Å². The predicted octanol–water partition coefficient (Wildman–Crippen LogP) is 6.17. The summed E-state index contributed by atoms with van der Waals surface area (Å²) in [6, 6.07) is 18.2. The average Bonchev–Trinajstić information content (AvgIpc) is 3.34. The fourth-order valence-electron chi connectivity index (χ4n) is 2.97. The van der Waals surface area contributed by atoms with E-state index in [2.05, 4.69) is 53.7 Å². The van der Waals surface area contributed by atoms with Gasteiger partial charge in [0.2, 0.25) is 0 Å². The molecule has 1 aromatic heterocycles. The van der Waals surface area contributed by atoms with E-state index < -0.39 is 0 Å². The number of rotatable bonds is 5. The summed E-state index contributed by atoms with van der Waals surface area (Å²) in [6.45, 7) is 2.16. The predicted molar refractivity (Wildman–Crippen MR) is 108 cm³/mol. The number of hydrogen-bond acceptors (Lipinski definition) is 3. The van der Waals surface area contributed by atoms with Gasteiger partial charge in [-0.3, -0.25) is 0 Å². The van der Waals surface area contributed by atoms with Crippen LogP contribution < -0.4 is 0 Å². The Bertz CT molecular complexity index is 958. The van der Waals surface area contributed by atoms with Crippen molar-refractivity contribution >= 4 is 23.4 Å². The van der Waals surface area contributed by atoms with Gasteiger partial charge in [-0.25, -0.2) is 4.68 Å². The van der Waals surface area contributed by atoms with Gasteiger partial charge in [-0.05, 0) is 48.1 Å². The zero-order valence-electron chi connectivity index (χ0n) is 14.3. The van der Waals surface area contributed by atoms with E-state index in [1.54, 1.807) is 11.8 Å². The van der Waals surface area contributed by atoms with Gasteiger partial charge < -0.3 is 0 Å². The molecule has 0 unspecified atom stereocenters. The number of benzene rings is 2. The molecule has 1 heterocycles. The van der Waals surface area contributed by atoms with Crippen molar-refractivity contribution in [1.82, 2.24) is 15.0 Å². The Morgan fingerprint density at radius 1 is 1.08 bits per heavy atom. The van der Waals surface area contributed by atoms with Crippen LogP contribution in [-0.2, 0) is 0 Å². The van der Waals surface area contributed by atoms with Gasteiger partial charge in [0.05, 0.1) is 12.2 Å². The maximum Gasteiger partial charge on any atom is 0.113 e. The normalized spacial score (nSPS) is 14.8. The van der Waals surface area contributed by atoms with Crippen LogP contribution in [0.4, 0.5) is 0 Å². The molecule has 130 valence electrons. The maximum atomic E-state index is 5.99. The second-order valence-corrected chi connectivity index (χ2v) is 7.77. The van der Waals surface area contributed by atoms with E-state index in [1.807, 2.05) is 41.2 Å². The largest absolute Gasteiger partial charge is 0.245 e. The Morgan fingerprint density at radius 2 is 1.85 bits per heavy atom. The molecule has 26 heavy (non-hydrogen) atoms. The molecule has 0 radical (unpaired) electrons. The van der Waals surface area contributed by atoms with Crippen LogP contribution in [0.15, 0.2) is 88.3 Å². The minimum Gasteiger partial charge on any atom is -0.245 e. The molecule has 0 N–H and O–H groups in total. The molecule has 4 rings (SSSR count). The summed E-state index contributed by atoms with van der Waals surface area (Å²) >= 11 is 7.78. The number of nitrogens with zero attached hydrogens (tertiary/aromatic N) is 3. The quantitative estimate of drug-likeness (QED) is 0.531. The van der Waals surface area contributed by atoms with Crippen LogP contribution >= 0.6 is 23.4 Å². The van der Waals surface area contributed by atoms with Crippen LogP contribution in [0.1, 0.15) is 19.4 Å². The number of halogens is 1. The summed E-state index contributed by atoms with van der Waals surface area (Å²) < 4.78 is 1.94. The highest BCUT2D eigenvalue weighted by atomic mass is 35.5. The summed E-state index contributed by atoms with van der Waals surface area (Å²) in [5, 5.41) is 9.47. The van der Waals surface area contributed by atoms with Gasteiger partial charge in [-0.15, -0.1) is 5.10 Å². The molecule has 0 saturated heterocycles. The first kappa shape index (κ1) is 17.1. The summed E-state index contributed by atoms with van der Waals surface area (Å²) in [5.74, 6) is 0. The maximum absolute atomic E-state index is 5.99. The second-order valence-electron chi connectivity index (χ2n) is 6.17. The smallest absolute Gasteiger partial charge is 0.113 e. The molecule has 3 nitrogen and oxygen atoms in total. The Kier molecular flexibility index (Phi) is 4.96. The molecule has 3 aromatic rings. The van der Waals surface area contributed by atoms with Crippen LogP contribution in [0.25, 0.3) is 11.3 Å². The van der Waals surface area contributed by atoms with Crippen LogP contribution in [0, 0.1) is 0 Å². The molecule has 2 aromatic carbocycles. The lowest BCUT2D eigenvalue weighted by Crippen LogP contribution is -2.08. The fourth-order valence-corrected chi connectivity index (χ4v) is 4.19. The minimum atomic E-state index is 0.133. The molecule has 0 bridgehead atoms. The van der Waals surface area contributed by atoms with Crippen molar-refractivity contribution in [1.29, 1.82) is 0 Å². The van der Waals surface area contributed by atoms with Gasteiger partial charge in [0.1, 0.15) is 5.69 Å². The third-order valence-electron chi connectivity index (χ3n) is 4.40. The second kappa shape index (κ2) is 7.52. The standard InChI is InChI=1S/C21H18ClN3S/c1-15(25-14-20(23-24-25)16-6-3-2-4-7-16)19-8-5-9-21(19)26-18-12-10-17(22)11-13-18/h2-8,10-15H,9H2,1H3/t15-/m0/s1. The van der Waals surface area contributed by atoms with Crippen molar-refractivity contribution < 1.29 is 0 Å². The first-order valence-electron chi connectivity index (χ1n) is 8.51. The monoisotopic (exact) mass is 379 g/mol. The van der Waals surface area contributed by atoms with Crippen molar-refractivity contribution in [2.75, 3.05) is 0 Å². The highest BCUT2D eigenvalue weighted by molar-refractivity contribution is 8.03. The SMILES string of the molecule is C[C@@H](C1=C(Sc2ccc(Cl)cc2)CC=C1)n1cc(-c2ccccc2)nn1. The van der Waals surface area contributed by atoms with Gasteiger partial charge >= 0.3 is 0 Å². The van der Waals surface area contributed by atoms with Crippen molar-refractivity contribution in [2.45, 2.75) is 24.3 Å². The van der Waals surface area contributed by atoms with Gasteiger partial charge in [0.25, 0.3) is 0 Å². The summed E-state index contributed by atoms with van der Waals surface area (Å²) in [6.07, 6.45) is 7.38. The number of aromatic nitrogens is 3. The third-order valence-corrected chi connectivity index (χ3v) is 5.81. The van der Waals surface area contributed by atoms with Crippen molar-refractivity contribution in [3.8, 4) is 11.3 Å². The molecule has 0 aliphatic heterocycles. The number of hydrogen-bond donors (Lipinski definition) is 0. The van der Waals surface area contributed by atoms with E-state index in [0.29, 0.717) is 0 Å². The average molecular weight is 380 g/mol. The molecular formula is C21H18ClN3S. The first-order valence-corrected chi connectivity index (χ1v) is 9.70. The highest BCUT2D eigenvalue weighted by Gasteiger charge is 2.19. The molecule has 0 saturated carbocycles. The van der Waals surface area contributed by atoms with Crippen LogP contribution in [0.2, 0.25) is 5.02 Å². The van der Waals surface area contributed by atoms with Gasteiger partial charge in [0.15, 0.2) is 0 Å². The van der Waals surface area contributed by atoms with Crippen molar-refractivity contribution in [2.24, 2.45) is 0 Å². The lowest BCUT2D eigenvalue weighted by Gasteiger charge is -2.14. The molecule has 1 aliphatic rings. The van der Waals surface area contributed by atoms with Gasteiger partial charge in [-0.2, -0.15) is 0 Å². The molecule has 1 atom stereocenters. The minimum absolute atomic E-state index is 0.133. The zero-order valence-corrected chi connectivity index (χ0v) is 15.9. The van der Waals surface area contributed by atoms with Crippen LogP contribution in [0.3, 0.4) is 0 Å². The van der Waals surface area contributed by atoms with E-state index in [-0.39, 0.29) is 6.04 Å². The fraction of sp³-hybridized carbons (Fsp3) is 0.143. The Balaban J connectivity index is 1.58. The van der Waals surface area contributed by atoms with Crippen LogP contribution in [0.5, 0.6) is 0 Å². The molecular weight excluding hydrogens is 362 g/mol. The van der Waals surface area contributed by atoms with Gasteiger partial charge in [-0.1, -0.05) is 71.1 Å². The van der Waals surface area contributed by atoms with Gasteiger partial charge in [0, 0.05) is 15.5 Å². The summed E-state index contributed by atoms with van der Waals surface area (Å²) in [4.78, 5) is 2.54.